The van der Waals surface area contributed by atoms with Crippen molar-refractivity contribution in [2.45, 2.75) is 12.6 Å². The molecule has 0 N–H and O–H groups in total. The van der Waals surface area contributed by atoms with Crippen molar-refractivity contribution in [1.82, 2.24) is 0 Å². The smallest absolute Gasteiger partial charge is 0.294 e. The van der Waals surface area contributed by atoms with Gasteiger partial charge >= 0.3 is 6.18 Å². The second kappa shape index (κ2) is 8.49. The fraction of sp³-hybridized carbons (Fsp3) is 0.0909. The van der Waals surface area contributed by atoms with Crippen LogP contribution in [0.2, 0.25) is 0 Å². The number of alkyl halides is 3. The molecule has 0 bridgehead atoms. The predicted molar refractivity (Wildman–Crippen MR) is 105 cm³/mol. The third-order valence-electron chi connectivity index (χ3n) is 4.11. The van der Waals surface area contributed by atoms with Crippen molar-refractivity contribution in [3.8, 4) is 0 Å². The van der Waals surface area contributed by atoms with Gasteiger partial charge in [0.25, 0.3) is 0 Å². The van der Waals surface area contributed by atoms with Crippen LogP contribution in [-0.4, -0.2) is 17.7 Å². The summed E-state index contributed by atoms with van der Waals surface area (Å²) >= 11 is 0. The molecule has 2 nitrogen and oxygen atoms in total. The van der Waals surface area contributed by atoms with Gasteiger partial charge in [-0.1, -0.05) is 84.9 Å². The number of carbonyl (C=O) groups excluding carboxylic acids is 2. The molecule has 6 heteroatoms. The molecule has 0 aliphatic rings. The van der Waals surface area contributed by atoms with Crippen molar-refractivity contribution in [2.75, 3.05) is 0 Å². The second-order valence-electron chi connectivity index (χ2n) is 6.04. The van der Waals surface area contributed by atoms with Crippen LogP contribution >= 0.6 is 7.92 Å². The third-order valence-corrected chi connectivity index (χ3v) is 6.61. The summed E-state index contributed by atoms with van der Waals surface area (Å²) in [6, 6.07) is 25.6. The summed E-state index contributed by atoms with van der Waals surface area (Å²) in [5.41, 5.74) is 0.152. The van der Waals surface area contributed by atoms with Crippen molar-refractivity contribution in [3.05, 3.63) is 90.5 Å². The van der Waals surface area contributed by atoms with Crippen molar-refractivity contribution < 1.29 is 22.8 Å². The first-order valence-electron chi connectivity index (χ1n) is 8.50. The largest absolute Gasteiger partial charge is 0.450 e. The highest BCUT2D eigenvalue weighted by atomic mass is 31.1. The molecule has 0 aliphatic heterocycles. The summed E-state index contributed by atoms with van der Waals surface area (Å²) in [5, 5.41) is 2.56. The van der Waals surface area contributed by atoms with E-state index < -0.39 is 32.1 Å². The Hall–Kier alpha value is -2.78. The summed E-state index contributed by atoms with van der Waals surface area (Å²) in [4.78, 5) is 23.9. The lowest BCUT2D eigenvalue weighted by Crippen LogP contribution is -2.29. The highest BCUT2D eigenvalue weighted by Crippen LogP contribution is 2.34. The zero-order chi connectivity index (χ0) is 20.1. The number of carbonyl (C=O) groups is 2. The molecule has 142 valence electrons. The maximum absolute atomic E-state index is 12.6. The van der Waals surface area contributed by atoms with Gasteiger partial charge in [0.05, 0.1) is 6.42 Å². The van der Waals surface area contributed by atoms with E-state index in [1.165, 1.54) is 6.07 Å². The lowest BCUT2D eigenvalue weighted by Gasteiger charge is -2.21. The van der Waals surface area contributed by atoms with Crippen molar-refractivity contribution in [2.24, 2.45) is 0 Å². The molecule has 3 aromatic rings. The standard InChI is InChI=1S/C22H16F3O2P/c23-22(24,25)21(27)15-19(26)18-13-7-8-14-20(18)28(16-9-3-1-4-10-16)17-11-5-2-6-12-17/h1-14H,15H2. The molecule has 3 rings (SSSR count). The van der Waals surface area contributed by atoms with Crippen LogP contribution in [0, 0.1) is 0 Å². The van der Waals surface area contributed by atoms with Crippen LogP contribution < -0.4 is 15.9 Å². The van der Waals surface area contributed by atoms with Crippen LogP contribution in [0.15, 0.2) is 84.9 Å². The van der Waals surface area contributed by atoms with E-state index in [0.29, 0.717) is 5.30 Å². The molecule has 0 atom stereocenters. The minimum Gasteiger partial charge on any atom is -0.294 e. The fourth-order valence-electron chi connectivity index (χ4n) is 2.83. The maximum atomic E-state index is 12.6. The summed E-state index contributed by atoms with van der Waals surface area (Å²) in [7, 11) is -1.17. The Morgan fingerprint density at radius 1 is 0.714 bits per heavy atom. The van der Waals surface area contributed by atoms with Crippen LogP contribution in [0.4, 0.5) is 13.2 Å². The molecule has 0 spiro atoms. The Kier molecular flexibility index (Phi) is 6.05. The SMILES string of the molecule is O=C(CC(=O)C(F)(F)F)c1ccccc1P(c1ccccc1)c1ccccc1. The Morgan fingerprint density at radius 2 is 1.18 bits per heavy atom. The van der Waals surface area contributed by atoms with Crippen molar-refractivity contribution >= 4 is 35.4 Å². The van der Waals surface area contributed by atoms with E-state index in [4.69, 9.17) is 0 Å². The van der Waals surface area contributed by atoms with Gasteiger partial charge in [-0.25, -0.2) is 0 Å². The van der Waals surface area contributed by atoms with Gasteiger partial charge in [0.2, 0.25) is 5.78 Å². The molecule has 0 radical (unpaired) electrons. The molecule has 0 unspecified atom stereocenters. The molecule has 0 saturated heterocycles. The van der Waals surface area contributed by atoms with Gasteiger partial charge in [-0.15, -0.1) is 0 Å². The summed E-state index contributed by atoms with van der Waals surface area (Å²) < 4.78 is 37.8. The lowest BCUT2D eigenvalue weighted by molar-refractivity contribution is -0.170. The molecule has 0 aliphatic carbocycles. The van der Waals surface area contributed by atoms with Gasteiger partial charge in [0, 0.05) is 5.56 Å². The first-order valence-corrected chi connectivity index (χ1v) is 9.84. The van der Waals surface area contributed by atoms with E-state index in [0.717, 1.165) is 10.6 Å². The summed E-state index contributed by atoms with van der Waals surface area (Å²) in [6.07, 6.45) is -6.21. The number of rotatable bonds is 6. The Labute approximate surface area is 161 Å². The van der Waals surface area contributed by atoms with Gasteiger partial charge in [-0.3, -0.25) is 9.59 Å². The molecule has 0 aromatic heterocycles. The number of hydrogen-bond acceptors (Lipinski definition) is 2. The Bertz CT molecular complexity index is 930. The van der Waals surface area contributed by atoms with Gasteiger partial charge in [0.1, 0.15) is 0 Å². The van der Waals surface area contributed by atoms with Gasteiger partial charge in [0.15, 0.2) is 5.78 Å². The Balaban J connectivity index is 2.08. The zero-order valence-corrected chi connectivity index (χ0v) is 15.6. The molecule has 0 saturated carbocycles. The van der Waals surface area contributed by atoms with E-state index in [1.807, 2.05) is 60.7 Å². The monoisotopic (exact) mass is 400 g/mol. The number of ketones is 2. The fourth-order valence-corrected chi connectivity index (χ4v) is 5.30. The van der Waals surface area contributed by atoms with Crippen LogP contribution in [0.3, 0.4) is 0 Å². The first kappa shape index (κ1) is 20.0. The second-order valence-corrected chi connectivity index (χ2v) is 8.23. The average molecular weight is 400 g/mol. The average Bonchev–Trinajstić information content (AvgIpc) is 2.69. The molecule has 0 amide bonds. The lowest BCUT2D eigenvalue weighted by atomic mass is 10.1. The first-order chi connectivity index (χ1) is 13.4. The number of hydrogen-bond donors (Lipinski definition) is 0. The third kappa shape index (κ3) is 4.55. The minimum atomic E-state index is -5.02. The maximum Gasteiger partial charge on any atom is 0.450 e. The highest BCUT2D eigenvalue weighted by molar-refractivity contribution is 7.80. The van der Waals surface area contributed by atoms with Crippen molar-refractivity contribution in [1.29, 1.82) is 0 Å². The van der Waals surface area contributed by atoms with Gasteiger partial charge in [-0.2, -0.15) is 13.2 Å². The summed E-state index contributed by atoms with van der Waals surface area (Å²) in [5.74, 6) is -2.85. The van der Waals surface area contributed by atoms with Crippen LogP contribution in [0.5, 0.6) is 0 Å². The van der Waals surface area contributed by atoms with Crippen LogP contribution in [-0.2, 0) is 4.79 Å². The molecule has 0 heterocycles. The quantitative estimate of drug-likeness (QED) is 0.354. The topological polar surface area (TPSA) is 34.1 Å². The normalized spacial score (nSPS) is 11.4. The van der Waals surface area contributed by atoms with E-state index in [-0.39, 0.29) is 5.56 Å². The molecular formula is C22H16F3O2P. The van der Waals surface area contributed by atoms with Gasteiger partial charge in [-0.05, 0) is 23.8 Å². The summed E-state index contributed by atoms with van der Waals surface area (Å²) in [6.45, 7) is 0. The minimum absolute atomic E-state index is 0.152. The number of halogens is 3. The molecule has 3 aromatic carbocycles. The number of benzene rings is 3. The van der Waals surface area contributed by atoms with Gasteiger partial charge < -0.3 is 0 Å². The van der Waals surface area contributed by atoms with Crippen LogP contribution in [0.1, 0.15) is 16.8 Å². The van der Waals surface area contributed by atoms with E-state index in [9.17, 15) is 22.8 Å². The molecule has 0 fully saturated rings. The Morgan fingerprint density at radius 3 is 1.68 bits per heavy atom. The molecule has 28 heavy (non-hydrogen) atoms. The zero-order valence-electron chi connectivity index (χ0n) is 14.7. The van der Waals surface area contributed by atoms with E-state index in [1.54, 1.807) is 18.2 Å². The van der Waals surface area contributed by atoms with Crippen molar-refractivity contribution in [3.63, 3.8) is 0 Å². The van der Waals surface area contributed by atoms with E-state index >= 15 is 0 Å². The highest BCUT2D eigenvalue weighted by Gasteiger charge is 2.39. The number of Topliss-reactive ketones (excluding diaryl/α,β-unsaturated/α-hetero) is 2. The molecular weight excluding hydrogens is 384 g/mol. The predicted octanol–water partition coefficient (Wildman–Crippen LogP) is 4.15. The van der Waals surface area contributed by atoms with E-state index in [2.05, 4.69) is 0 Å². The van der Waals surface area contributed by atoms with Crippen LogP contribution in [0.25, 0.3) is 0 Å².